The average molecular weight is 757 g/mol. The molecule has 1 aromatic rings. The molecular formula is C32H44N4O15S. The molecule has 0 aliphatic carbocycles. The van der Waals surface area contributed by atoms with E-state index < -0.39 is 84.4 Å². The van der Waals surface area contributed by atoms with Crippen molar-refractivity contribution in [2.24, 2.45) is 5.92 Å². The number of amides is 4. The minimum absolute atomic E-state index is 0.00230. The molecule has 2 unspecified atom stereocenters. The van der Waals surface area contributed by atoms with Crippen LogP contribution in [0.4, 0.5) is 4.79 Å². The Balaban J connectivity index is 2.36. The maximum Gasteiger partial charge on any atom is 0.372 e. The lowest BCUT2D eigenvalue weighted by Gasteiger charge is -2.20. The molecule has 52 heavy (non-hydrogen) atoms. The topological polar surface area (TPSA) is 290 Å². The maximum absolute atomic E-state index is 13.0. The van der Waals surface area contributed by atoms with E-state index in [-0.39, 0.29) is 77.3 Å². The zero-order valence-electron chi connectivity index (χ0n) is 28.2. The van der Waals surface area contributed by atoms with E-state index in [1.807, 2.05) is 0 Å². The molecule has 0 aliphatic heterocycles. The molecule has 19 nitrogen and oxygen atoms in total. The zero-order valence-corrected chi connectivity index (χ0v) is 29.0. The Bertz CT molecular complexity index is 1360. The van der Waals surface area contributed by atoms with E-state index in [1.54, 1.807) is 30.3 Å². The van der Waals surface area contributed by atoms with Gasteiger partial charge in [0.15, 0.2) is 12.0 Å². The first-order valence-corrected chi connectivity index (χ1v) is 16.7. The van der Waals surface area contributed by atoms with E-state index in [0.29, 0.717) is 0 Å². The number of carbonyl (C=O) groups is 9. The number of carboxylic acid groups (broad SMARTS) is 3. The zero-order chi connectivity index (χ0) is 38.9. The van der Waals surface area contributed by atoms with E-state index in [4.69, 9.17) is 19.7 Å². The summed E-state index contributed by atoms with van der Waals surface area (Å²) in [5.74, 6) is -8.27. The number of carboxylic acids is 3. The fraction of sp³-hybridized carbons (Fsp3) is 0.531. The maximum atomic E-state index is 13.0. The number of benzene rings is 1. The molecule has 20 heteroatoms. The van der Waals surface area contributed by atoms with Crippen LogP contribution in [0.25, 0.3) is 0 Å². The van der Waals surface area contributed by atoms with Crippen molar-refractivity contribution in [3.8, 4) is 0 Å². The first-order chi connectivity index (χ1) is 24.8. The molecule has 0 saturated heterocycles. The van der Waals surface area contributed by atoms with Crippen molar-refractivity contribution < 1.29 is 72.7 Å². The number of hydrogen-bond acceptors (Lipinski definition) is 13. The molecule has 0 aromatic heterocycles. The first kappa shape index (κ1) is 44.9. The van der Waals surface area contributed by atoms with Gasteiger partial charge >= 0.3 is 23.9 Å². The fourth-order valence-electron chi connectivity index (χ4n) is 4.37. The van der Waals surface area contributed by atoms with Gasteiger partial charge in [-0.3, -0.25) is 28.8 Å². The standard InChI is InChI=1S/C32H44N4O15S/c37-19-51-27(8-9-28(41)42)36-32(48)35-22(30(44)45)6-7-25(39)33-11-13-50-15-14-49-12-10-26(40)34-23(16-20-4-2-1-3-5-20)24(38)17-21(18-52)29(43)31(46)47/h1-5,19,21-23,27,52H,6-18H2,(H,33,39)(H,34,40)(H,41,42)(H,44,45)(H,46,47)(H2,35,36,48)/t21?,22-,23?,27+/m1/s1. The van der Waals surface area contributed by atoms with Crippen molar-refractivity contribution in [2.75, 3.05) is 38.7 Å². The number of nitrogens with one attached hydrogen (secondary N) is 4. The third-order valence-corrected chi connectivity index (χ3v) is 7.51. The van der Waals surface area contributed by atoms with Gasteiger partial charge in [-0.15, -0.1) is 0 Å². The summed E-state index contributed by atoms with van der Waals surface area (Å²) in [6, 6.07) is 5.28. The number of Topliss-reactive ketones (excluding diaryl/α,β-unsaturated/α-hetero) is 2. The monoisotopic (exact) mass is 756 g/mol. The van der Waals surface area contributed by atoms with Gasteiger partial charge in [0.05, 0.1) is 38.9 Å². The highest BCUT2D eigenvalue weighted by molar-refractivity contribution is 7.80. The predicted molar refractivity (Wildman–Crippen MR) is 181 cm³/mol. The van der Waals surface area contributed by atoms with Crippen molar-refractivity contribution in [2.45, 2.75) is 63.3 Å². The molecular weight excluding hydrogens is 712 g/mol. The van der Waals surface area contributed by atoms with Crippen LogP contribution in [-0.4, -0.2) is 126 Å². The van der Waals surface area contributed by atoms with E-state index in [2.05, 4.69) is 38.6 Å². The normalized spacial score (nSPS) is 12.9. The van der Waals surface area contributed by atoms with Gasteiger partial charge in [-0.25, -0.2) is 14.4 Å². The average Bonchev–Trinajstić information content (AvgIpc) is 3.10. The van der Waals surface area contributed by atoms with Crippen molar-refractivity contribution >= 4 is 66.4 Å². The highest BCUT2D eigenvalue weighted by Crippen LogP contribution is 2.13. The number of hydrogen-bond donors (Lipinski definition) is 8. The van der Waals surface area contributed by atoms with Gasteiger partial charge in [-0.1, -0.05) is 30.3 Å². The van der Waals surface area contributed by atoms with Crippen molar-refractivity contribution in [3.05, 3.63) is 35.9 Å². The van der Waals surface area contributed by atoms with Crippen LogP contribution >= 0.6 is 12.6 Å². The van der Waals surface area contributed by atoms with E-state index in [1.165, 1.54) is 0 Å². The Morgan fingerprint density at radius 2 is 1.44 bits per heavy atom. The molecule has 0 bridgehead atoms. The largest absolute Gasteiger partial charge is 0.481 e. The Morgan fingerprint density at radius 1 is 0.769 bits per heavy atom. The lowest BCUT2D eigenvalue weighted by Crippen LogP contribution is -2.50. The lowest BCUT2D eigenvalue weighted by atomic mass is 9.93. The quantitative estimate of drug-likeness (QED) is 0.0165. The van der Waals surface area contributed by atoms with E-state index in [9.17, 15) is 48.3 Å². The molecule has 288 valence electrons. The van der Waals surface area contributed by atoms with Crippen LogP contribution in [-0.2, 0) is 59.0 Å². The molecule has 7 N–H and O–H groups in total. The fourth-order valence-corrected chi connectivity index (χ4v) is 4.67. The summed E-state index contributed by atoms with van der Waals surface area (Å²) in [6.45, 7) is 0.341. The summed E-state index contributed by atoms with van der Waals surface area (Å²) < 4.78 is 15.3. The summed E-state index contributed by atoms with van der Waals surface area (Å²) >= 11 is 3.99. The van der Waals surface area contributed by atoms with Crippen LogP contribution in [0.3, 0.4) is 0 Å². The van der Waals surface area contributed by atoms with Crippen molar-refractivity contribution in [1.29, 1.82) is 0 Å². The molecule has 0 fully saturated rings. The molecule has 4 atom stereocenters. The van der Waals surface area contributed by atoms with E-state index in [0.717, 1.165) is 5.56 Å². The van der Waals surface area contributed by atoms with E-state index >= 15 is 0 Å². The summed E-state index contributed by atoms with van der Waals surface area (Å²) in [5.41, 5.74) is 0.744. The molecule has 0 radical (unpaired) electrons. The van der Waals surface area contributed by atoms with Gasteiger partial charge in [0.25, 0.3) is 6.47 Å². The second-order valence-electron chi connectivity index (χ2n) is 11.1. The Morgan fingerprint density at radius 3 is 2.04 bits per heavy atom. The van der Waals surface area contributed by atoms with Gasteiger partial charge < -0.3 is 50.8 Å². The Hall–Kier alpha value is -5.08. The van der Waals surface area contributed by atoms with Crippen LogP contribution in [0.15, 0.2) is 30.3 Å². The Kier molecular flexibility index (Phi) is 22.3. The Labute approximate surface area is 303 Å². The molecule has 0 spiro atoms. The van der Waals surface area contributed by atoms with Gasteiger partial charge in [0.1, 0.15) is 6.04 Å². The van der Waals surface area contributed by atoms with Crippen LogP contribution in [0.2, 0.25) is 0 Å². The SMILES string of the molecule is O=CO[C@@H](CCC(=O)O)NC(=O)N[C@H](CCC(=O)NCCOCCOCCC(=O)NC(Cc1ccccc1)C(=O)CC(CS)C(=O)C(=O)O)C(=O)O. The lowest BCUT2D eigenvalue weighted by molar-refractivity contribution is -0.151. The van der Waals surface area contributed by atoms with Crippen molar-refractivity contribution in [1.82, 2.24) is 21.3 Å². The summed E-state index contributed by atoms with van der Waals surface area (Å²) in [6.07, 6.45) is -2.93. The molecule has 0 saturated carbocycles. The van der Waals surface area contributed by atoms with Crippen molar-refractivity contribution in [3.63, 3.8) is 0 Å². The molecule has 0 aliphatic rings. The van der Waals surface area contributed by atoms with Crippen LogP contribution in [0.5, 0.6) is 0 Å². The summed E-state index contributed by atoms with van der Waals surface area (Å²) in [7, 11) is 0. The van der Waals surface area contributed by atoms with Gasteiger partial charge in [0.2, 0.25) is 17.6 Å². The number of urea groups is 1. The second kappa shape index (κ2) is 25.8. The third kappa shape index (κ3) is 19.9. The highest BCUT2D eigenvalue weighted by atomic mass is 32.1. The predicted octanol–water partition coefficient (Wildman–Crippen LogP) is -0.691. The molecule has 4 amide bonds. The third-order valence-electron chi connectivity index (χ3n) is 7.07. The number of thiol groups is 1. The number of rotatable bonds is 29. The van der Waals surface area contributed by atoms with Crippen LogP contribution in [0, 0.1) is 5.92 Å². The summed E-state index contributed by atoms with van der Waals surface area (Å²) in [4.78, 5) is 106. The molecule has 1 aromatic carbocycles. The minimum Gasteiger partial charge on any atom is -0.481 e. The first-order valence-electron chi connectivity index (χ1n) is 16.0. The van der Waals surface area contributed by atoms with Crippen LogP contribution in [0.1, 0.15) is 44.1 Å². The van der Waals surface area contributed by atoms with Gasteiger partial charge in [-0.2, -0.15) is 12.6 Å². The number of aliphatic carboxylic acids is 3. The smallest absolute Gasteiger partial charge is 0.372 e. The molecule has 1 rings (SSSR count). The number of ether oxygens (including phenoxy) is 3. The second-order valence-corrected chi connectivity index (χ2v) is 11.4. The van der Waals surface area contributed by atoms with Crippen LogP contribution < -0.4 is 21.3 Å². The van der Waals surface area contributed by atoms with Gasteiger partial charge in [0, 0.05) is 43.9 Å². The molecule has 0 heterocycles. The minimum atomic E-state index is -1.67. The number of carbonyl (C=O) groups excluding carboxylic acids is 6. The highest BCUT2D eigenvalue weighted by Gasteiger charge is 2.30. The summed E-state index contributed by atoms with van der Waals surface area (Å²) in [5, 5.41) is 36.5. The number of ketones is 2. The van der Waals surface area contributed by atoms with Gasteiger partial charge in [-0.05, 0) is 18.4 Å².